The van der Waals surface area contributed by atoms with Crippen LogP contribution in [0.4, 0.5) is 22.0 Å². The van der Waals surface area contributed by atoms with Crippen molar-refractivity contribution in [2.45, 2.75) is 4.90 Å². The number of hydrogen-bond acceptors (Lipinski definition) is 4. The number of rotatable bonds is 3. The molecule has 0 amide bonds. The minimum Gasteiger partial charge on any atom is -0.372 e. The summed E-state index contributed by atoms with van der Waals surface area (Å²) in [7, 11) is -4.93. The summed E-state index contributed by atoms with van der Waals surface area (Å²) in [4.78, 5) is 3.25. The molecule has 0 aliphatic rings. The monoisotopic (exact) mass is 409 g/mol. The second kappa shape index (κ2) is 6.36. The summed E-state index contributed by atoms with van der Waals surface area (Å²) in [6.45, 7) is 0. The SMILES string of the molecule is O=S(=O)(Oc1c(F)c(F)c(F)c(F)c1F)c1ccc2c(Cl)ccnc2c1. The van der Waals surface area contributed by atoms with E-state index in [1.165, 1.54) is 18.3 Å². The molecule has 4 nitrogen and oxygen atoms in total. The van der Waals surface area contributed by atoms with Gasteiger partial charge in [-0.2, -0.15) is 17.2 Å². The lowest BCUT2D eigenvalue weighted by Gasteiger charge is -2.11. The summed E-state index contributed by atoms with van der Waals surface area (Å²) in [5.74, 6) is -13.9. The van der Waals surface area contributed by atoms with E-state index in [4.69, 9.17) is 11.6 Å². The normalized spacial score (nSPS) is 11.8. The van der Waals surface area contributed by atoms with Gasteiger partial charge in [-0.25, -0.2) is 13.2 Å². The van der Waals surface area contributed by atoms with Gasteiger partial charge in [0, 0.05) is 11.6 Å². The number of hydrogen-bond donors (Lipinski definition) is 0. The maximum absolute atomic E-state index is 13.6. The third-order valence-electron chi connectivity index (χ3n) is 3.31. The third-order valence-corrected chi connectivity index (χ3v) is 4.86. The average molecular weight is 410 g/mol. The first-order valence-electron chi connectivity index (χ1n) is 6.63. The van der Waals surface area contributed by atoms with Gasteiger partial charge in [0.2, 0.25) is 34.8 Å². The van der Waals surface area contributed by atoms with Gasteiger partial charge < -0.3 is 4.18 Å². The Morgan fingerprint density at radius 3 is 2.08 bits per heavy atom. The topological polar surface area (TPSA) is 56.3 Å². The van der Waals surface area contributed by atoms with Crippen molar-refractivity contribution >= 4 is 32.6 Å². The first kappa shape index (κ1) is 18.3. The molecule has 0 aliphatic carbocycles. The van der Waals surface area contributed by atoms with Crippen LogP contribution < -0.4 is 4.18 Å². The summed E-state index contributed by atoms with van der Waals surface area (Å²) < 4.78 is 95.1. The number of halogens is 6. The molecule has 0 fully saturated rings. The Kier molecular flexibility index (Phi) is 4.49. The third kappa shape index (κ3) is 2.95. The summed E-state index contributed by atoms with van der Waals surface area (Å²) in [5.41, 5.74) is 0.111. The summed E-state index contributed by atoms with van der Waals surface area (Å²) >= 11 is 5.91. The molecule has 0 spiro atoms. The predicted molar refractivity (Wildman–Crippen MR) is 80.8 cm³/mol. The first-order valence-corrected chi connectivity index (χ1v) is 8.42. The highest BCUT2D eigenvalue weighted by atomic mass is 35.5. The zero-order valence-corrected chi connectivity index (χ0v) is 13.8. The van der Waals surface area contributed by atoms with Crippen LogP contribution >= 0.6 is 11.6 Å². The lowest BCUT2D eigenvalue weighted by Crippen LogP contribution is -2.14. The molecule has 0 radical (unpaired) electrons. The molecule has 0 atom stereocenters. The Balaban J connectivity index is 2.11. The highest BCUT2D eigenvalue weighted by Gasteiger charge is 2.31. The van der Waals surface area contributed by atoms with Gasteiger partial charge in [0.15, 0.2) is 0 Å². The summed E-state index contributed by atoms with van der Waals surface area (Å²) in [6, 6.07) is 4.66. The van der Waals surface area contributed by atoms with Crippen LogP contribution in [-0.4, -0.2) is 13.4 Å². The van der Waals surface area contributed by atoms with Crippen molar-refractivity contribution in [1.29, 1.82) is 0 Å². The molecule has 0 saturated heterocycles. The standard InChI is InChI=1S/C15H5ClF5NO3S/c16-8-3-4-22-9-5-6(1-2-7(8)9)26(23,24)25-15-13(20)11(18)10(17)12(19)14(15)21/h1-5H. The molecule has 1 heterocycles. The molecule has 2 aromatic carbocycles. The quantitative estimate of drug-likeness (QED) is 0.279. The van der Waals surface area contributed by atoms with E-state index < -0.39 is 49.8 Å². The highest BCUT2D eigenvalue weighted by Crippen LogP contribution is 2.32. The fourth-order valence-electron chi connectivity index (χ4n) is 2.06. The van der Waals surface area contributed by atoms with Crippen LogP contribution in [0.3, 0.4) is 0 Å². The van der Waals surface area contributed by atoms with Crippen molar-refractivity contribution in [2.24, 2.45) is 0 Å². The van der Waals surface area contributed by atoms with Gasteiger partial charge in [-0.15, -0.1) is 0 Å². The number of pyridine rings is 1. The Labute approximate surface area is 147 Å². The minimum atomic E-state index is -4.93. The molecule has 0 N–H and O–H groups in total. The van der Waals surface area contributed by atoms with Gasteiger partial charge >= 0.3 is 10.1 Å². The van der Waals surface area contributed by atoms with E-state index in [9.17, 15) is 30.4 Å². The fourth-order valence-corrected chi connectivity index (χ4v) is 3.23. The Bertz CT molecular complexity index is 1120. The van der Waals surface area contributed by atoms with E-state index in [1.807, 2.05) is 0 Å². The van der Waals surface area contributed by atoms with Crippen molar-refractivity contribution in [2.75, 3.05) is 0 Å². The van der Waals surface area contributed by atoms with Gasteiger partial charge in [0.1, 0.15) is 4.90 Å². The number of nitrogens with zero attached hydrogens (tertiary/aromatic N) is 1. The number of benzene rings is 2. The maximum atomic E-state index is 13.6. The van der Waals surface area contributed by atoms with Crippen molar-refractivity contribution < 1.29 is 34.6 Å². The van der Waals surface area contributed by atoms with E-state index in [1.54, 1.807) is 0 Å². The maximum Gasteiger partial charge on any atom is 0.339 e. The summed E-state index contributed by atoms with van der Waals surface area (Å²) in [6.07, 6.45) is 1.28. The van der Waals surface area contributed by atoms with Crippen LogP contribution in [0.2, 0.25) is 5.02 Å². The first-order chi connectivity index (χ1) is 12.1. The van der Waals surface area contributed by atoms with Crippen LogP contribution in [0.15, 0.2) is 35.4 Å². The van der Waals surface area contributed by atoms with Gasteiger partial charge in [-0.05, 0) is 24.3 Å². The predicted octanol–water partition coefficient (Wildman–Crippen LogP) is 4.35. The van der Waals surface area contributed by atoms with Crippen molar-refractivity contribution in [3.63, 3.8) is 0 Å². The second-order valence-electron chi connectivity index (χ2n) is 4.91. The van der Waals surface area contributed by atoms with Gasteiger partial charge in [0.05, 0.1) is 10.5 Å². The average Bonchev–Trinajstić information content (AvgIpc) is 2.62. The lowest BCUT2D eigenvalue weighted by atomic mass is 10.2. The second-order valence-corrected chi connectivity index (χ2v) is 6.86. The van der Waals surface area contributed by atoms with Crippen LogP contribution in [0.5, 0.6) is 5.75 Å². The zero-order valence-electron chi connectivity index (χ0n) is 12.2. The van der Waals surface area contributed by atoms with E-state index in [-0.39, 0.29) is 10.5 Å². The Morgan fingerprint density at radius 2 is 1.46 bits per heavy atom. The van der Waals surface area contributed by atoms with Gasteiger partial charge in [-0.3, -0.25) is 4.98 Å². The Morgan fingerprint density at radius 1 is 0.885 bits per heavy atom. The molecule has 0 unspecified atom stereocenters. The molecule has 11 heteroatoms. The van der Waals surface area contributed by atoms with Crippen molar-refractivity contribution in [1.82, 2.24) is 4.98 Å². The molecule has 1 aromatic heterocycles. The van der Waals surface area contributed by atoms with E-state index >= 15 is 0 Å². The van der Waals surface area contributed by atoms with Crippen LogP contribution in [0.1, 0.15) is 0 Å². The minimum absolute atomic E-state index is 0.111. The molecule has 3 rings (SSSR count). The van der Waals surface area contributed by atoms with Crippen LogP contribution in [0.25, 0.3) is 10.9 Å². The van der Waals surface area contributed by atoms with E-state index in [0.29, 0.717) is 5.39 Å². The Hall–Kier alpha value is -2.46. The molecular formula is C15H5ClF5NO3S. The zero-order chi connectivity index (χ0) is 19.2. The molecule has 0 bridgehead atoms. The summed E-state index contributed by atoms with van der Waals surface area (Å²) in [5, 5.41) is 0.643. The molecule has 0 aliphatic heterocycles. The van der Waals surface area contributed by atoms with Gasteiger partial charge in [-0.1, -0.05) is 11.6 Å². The molecule has 3 aromatic rings. The highest BCUT2D eigenvalue weighted by molar-refractivity contribution is 7.87. The lowest BCUT2D eigenvalue weighted by molar-refractivity contribution is 0.346. The van der Waals surface area contributed by atoms with Crippen LogP contribution in [0, 0.1) is 29.1 Å². The molecule has 0 saturated carbocycles. The van der Waals surface area contributed by atoms with E-state index in [0.717, 1.165) is 12.1 Å². The number of fused-ring (bicyclic) bond motifs is 1. The van der Waals surface area contributed by atoms with Gasteiger partial charge in [0.25, 0.3) is 0 Å². The molecular weight excluding hydrogens is 405 g/mol. The number of aromatic nitrogens is 1. The fraction of sp³-hybridized carbons (Fsp3) is 0. The van der Waals surface area contributed by atoms with Crippen molar-refractivity contribution in [3.8, 4) is 5.75 Å². The van der Waals surface area contributed by atoms with Crippen molar-refractivity contribution in [3.05, 3.63) is 64.6 Å². The molecule has 136 valence electrons. The largest absolute Gasteiger partial charge is 0.372 e. The molecule has 26 heavy (non-hydrogen) atoms. The van der Waals surface area contributed by atoms with E-state index in [2.05, 4.69) is 9.17 Å². The van der Waals surface area contributed by atoms with Crippen LogP contribution in [-0.2, 0) is 10.1 Å². The smallest absolute Gasteiger partial charge is 0.339 e.